The maximum atomic E-state index is 10.1. The van der Waals surface area contributed by atoms with Crippen LogP contribution in [0.1, 0.15) is 31.7 Å². The Labute approximate surface area is 84.5 Å². The van der Waals surface area contributed by atoms with Crippen molar-refractivity contribution in [3.8, 4) is 5.75 Å². The van der Waals surface area contributed by atoms with Crippen LogP contribution in [-0.4, -0.2) is 11.7 Å². The summed E-state index contributed by atoms with van der Waals surface area (Å²) in [5.74, 6) is 0.852. The summed E-state index contributed by atoms with van der Waals surface area (Å²) < 4.78 is 5.40. The molecule has 0 atom stereocenters. The molecule has 1 fully saturated rings. The summed E-state index contributed by atoms with van der Waals surface area (Å²) in [6.45, 7) is 2.63. The fraction of sp³-hybridized carbons (Fsp3) is 0.500. The summed E-state index contributed by atoms with van der Waals surface area (Å²) in [6.07, 6.45) is 2.88. The molecule has 1 aromatic rings. The van der Waals surface area contributed by atoms with Crippen LogP contribution >= 0.6 is 0 Å². The predicted molar refractivity (Wildman–Crippen MR) is 55.4 cm³/mol. The van der Waals surface area contributed by atoms with Gasteiger partial charge in [0.15, 0.2) is 0 Å². The molecule has 2 heteroatoms. The van der Waals surface area contributed by atoms with Crippen molar-refractivity contribution in [1.82, 2.24) is 0 Å². The van der Waals surface area contributed by atoms with Gasteiger partial charge in [-0.3, -0.25) is 0 Å². The van der Waals surface area contributed by atoms with Gasteiger partial charge in [0.05, 0.1) is 12.2 Å². The van der Waals surface area contributed by atoms with Gasteiger partial charge in [-0.1, -0.05) is 12.1 Å². The van der Waals surface area contributed by atoms with Gasteiger partial charge in [0.2, 0.25) is 0 Å². The quantitative estimate of drug-likeness (QED) is 0.797. The molecule has 1 aliphatic rings. The van der Waals surface area contributed by atoms with Gasteiger partial charge < -0.3 is 9.84 Å². The molecular formula is C12H16O2. The van der Waals surface area contributed by atoms with E-state index in [-0.39, 0.29) is 0 Å². The van der Waals surface area contributed by atoms with E-state index in [4.69, 9.17) is 4.74 Å². The zero-order chi connectivity index (χ0) is 10.0. The summed E-state index contributed by atoms with van der Waals surface area (Å²) in [7, 11) is 0. The first kappa shape index (κ1) is 9.53. The zero-order valence-electron chi connectivity index (χ0n) is 8.49. The Balaban J connectivity index is 2.21. The minimum Gasteiger partial charge on any atom is -0.494 e. The fourth-order valence-electron chi connectivity index (χ4n) is 1.84. The lowest BCUT2D eigenvalue weighted by Crippen LogP contribution is -2.33. The van der Waals surface area contributed by atoms with Gasteiger partial charge in [0.1, 0.15) is 5.75 Å². The first-order valence-electron chi connectivity index (χ1n) is 5.20. The minimum absolute atomic E-state index is 0.576. The van der Waals surface area contributed by atoms with Crippen molar-refractivity contribution in [3.05, 3.63) is 29.8 Å². The Hall–Kier alpha value is -1.02. The fourth-order valence-corrected chi connectivity index (χ4v) is 1.84. The first-order valence-corrected chi connectivity index (χ1v) is 5.20. The van der Waals surface area contributed by atoms with Gasteiger partial charge in [0.25, 0.3) is 0 Å². The number of benzene rings is 1. The highest BCUT2D eigenvalue weighted by atomic mass is 16.5. The van der Waals surface area contributed by atoms with Crippen LogP contribution in [0.3, 0.4) is 0 Å². The Morgan fingerprint density at radius 3 is 2.79 bits per heavy atom. The zero-order valence-corrected chi connectivity index (χ0v) is 8.49. The van der Waals surface area contributed by atoms with Crippen LogP contribution in [-0.2, 0) is 5.60 Å². The summed E-state index contributed by atoms with van der Waals surface area (Å²) in [5, 5.41) is 10.1. The Morgan fingerprint density at radius 1 is 1.43 bits per heavy atom. The van der Waals surface area contributed by atoms with Crippen LogP contribution in [0.25, 0.3) is 0 Å². The van der Waals surface area contributed by atoms with Gasteiger partial charge >= 0.3 is 0 Å². The van der Waals surface area contributed by atoms with E-state index in [9.17, 15) is 5.11 Å². The summed E-state index contributed by atoms with van der Waals surface area (Å²) in [6, 6.07) is 7.79. The van der Waals surface area contributed by atoms with E-state index in [1.807, 2.05) is 31.2 Å². The molecule has 0 amide bonds. The van der Waals surface area contributed by atoms with Crippen molar-refractivity contribution >= 4 is 0 Å². The molecule has 1 saturated carbocycles. The monoisotopic (exact) mass is 192 g/mol. The molecule has 76 valence electrons. The molecule has 0 unspecified atom stereocenters. The van der Waals surface area contributed by atoms with E-state index in [1.165, 1.54) is 0 Å². The molecule has 0 heterocycles. The lowest BCUT2D eigenvalue weighted by Gasteiger charge is -2.37. The van der Waals surface area contributed by atoms with E-state index >= 15 is 0 Å². The normalized spacial score (nSPS) is 18.7. The second-order valence-corrected chi connectivity index (χ2v) is 3.85. The summed E-state index contributed by atoms with van der Waals surface area (Å²) in [4.78, 5) is 0. The highest BCUT2D eigenvalue weighted by molar-refractivity contribution is 5.33. The smallest absolute Gasteiger partial charge is 0.119 e. The Bertz CT molecular complexity index is 316. The van der Waals surface area contributed by atoms with Crippen molar-refractivity contribution < 1.29 is 9.84 Å². The van der Waals surface area contributed by atoms with Gasteiger partial charge in [-0.05, 0) is 43.9 Å². The van der Waals surface area contributed by atoms with E-state index in [1.54, 1.807) is 0 Å². The van der Waals surface area contributed by atoms with Crippen molar-refractivity contribution in [2.24, 2.45) is 0 Å². The lowest BCUT2D eigenvalue weighted by molar-refractivity contribution is -0.0389. The Kier molecular flexibility index (Phi) is 2.46. The van der Waals surface area contributed by atoms with Crippen LogP contribution in [0.15, 0.2) is 24.3 Å². The lowest BCUT2D eigenvalue weighted by atomic mass is 9.75. The Morgan fingerprint density at radius 2 is 2.21 bits per heavy atom. The van der Waals surface area contributed by atoms with Crippen molar-refractivity contribution in [1.29, 1.82) is 0 Å². The third-order valence-electron chi connectivity index (χ3n) is 2.86. The number of aliphatic hydroxyl groups is 1. The van der Waals surface area contributed by atoms with Gasteiger partial charge in [-0.25, -0.2) is 0 Å². The van der Waals surface area contributed by atoms with Crippen molar-refractivity contribution in [2.45, 2.75) is 31.8 Å². The number of hydrogen-bond donors (Lipinski definition) is 1. The average molecular weight is 192 g/mol. The highest BCUT2D eigenvalue weighted by Gasteiger charge is 2.36. The third kappa shape index (κ3) is 1.62. The van der Waals surface area contributed by atoms with Crippen LogP contribution in [0, 0.1) is 0 Å². The molecule has 0 saturated heterocycles. The maximum Gasteiger partial charge on any atom is 0.119 e. The van der Waals surface area contributed by atoms with Gasteiger partial charge in [-0.2, -0.15) is 0 Å². The van der Waals surface area contributed by atoms with Crippen LogP contribution in [0.5, 0.6) is 5.75 Å². The van der Waals surface area contributed by atoms with Crippen LogP contribution < -0.4 is 4.74 Å². The molecule has 0 aliphatic heterocycles. The van der Waals surface area contributed by atoms with Gasteiger partial charge in [-0.15, -0.1) is 0 Å². The molecule has 14 heavy (non-hydrogen) atoms. The molecule has 0 bridgehead atoms. The van der Waals surface area contributed by atoms with Gasteiger partial charge in [0, 0.05) is 0 Å². The minimum atomic E-state index is -0.576. The van der Waals surface area contributed by atoms with Crippen molar-refractivity contribution in [2.75, 3.05) is 6.61 Å². The molecule has 0 aromatic heterocycles. The number of rotatable bonds is 3. The average Bonchev–Trinajstić information content (AvgIpc) is 2.15. The van der Waals surface area contributed by atoms with E-state index in [0.717, 1.165) is 30.6 Å². The van der Waals surface area contributed by atoms with Crippen molar-refractivity contribution in [3.63, 3.8) is 0 Å². The van der Waals surface area contributed by atoms with Crippen LogP contribution in [0.2, 0.25) is 0 Å². The molecule has 1 aliphatic carbocycles. The standard InChI is InChI=1S/C12H16O2/c1-2-14-11-6-3-5-10(9-11)12(13)7-4-8-12/h3,5-6,9,13H,2,4,7-8H2,1H3. The summed E-state index contributed by atoms with van der Waals surface area (Å²) in [5.41, 5.74) is 0.419. The molecule has 0 spiro atoms. The number of ether oxygens (including phenoxy) is 1. The van der Waals surface area contributed by atoms with E-state index in [0.29, 0.717) is 6.61 Å². The topological polar surface area (TPSA) is 29.5 Å². The highest BCUT2D eigenvalue weighted by Crippen LogP contribution is 2.41. The van der Waals surface area contributed by atoms with E-state index < -0.39 is 5.60 Å². The number of hydrogen-bond acceptors (Lipinski definition) is 2. The molecule has 1 aromatic carbocycles. The molecule has 2 nitrogen and oxygen atoms in total. The van der Waals surface area contributed by atoms with Crippen LogP contribution in [0.4, 0.5) is 0 Å². The maximum absolute atomic E-state index is 10.1. The second-order valence-electron chi connectivity index (χ2n) is 3.85. The SMILES string of the molecule is CCOc1cccc(C2(O)CCC2)c1. The first-order chi connectivity index (χ1) is 6.74. The molecule has 0 radical (unpaired) electrons. The molecule has 2 rings (SSSR count). The molecular weight excluding hydrogens is 176 g/mol. The predicted octanol–water partition coefficient (Wildman–Crippen LogP) is 2.46. The largest absolute Gasteiger partial charge is 0.494 e. The molecule has 1 N–H and O–H groups in total. The summed E-state index contributed by atoms with van der Waals surface area (Å²) >= 11 is 0. The third-order valence-corrected chi connectivity index (χ3v) is 2.86. The second kappa shape index (κ2) is 3.62. The van der Waals surface area contributed by atoms with E-state index in [2.05, 4.69) is 0 Å².